The normalized spacial score (nSPS) is 21.2. The Morgan fingerprint density at radius 2 is 1.74 bits per heavy atom. The summed E-state index contributed by atoms with van der Waals surface area (Å²) in [5, 5.41) is 8.88. The van der Waals surface area contributed by atoms with E-state index in [0.29, 0.717) is 17.1 Å². The molecule has 0 N–H and O–H groups in total. The molecule has 3 aromatic heterocycles. The first-order chi connectivity index (χ1) is 18.4. The van der Waals surface area contributed by atoms with E-state index in [1.165, 1.54) is 24.5 Å². The topological polar surface area (TPSA) is 98.6 Å². The fraction of sp³-hybridized carbons (Fsp3) is 0.345. The van der Waals surface area contributed by atoms with Crippen molar-refractivity contribution in [1.29, 1.82) is 0 Å². The summed E-state index contributed by atoms with van der Waals surface area (Å²) in [5.74, 6) is -1.42. The van der Waals surface area contributed by atoms with E-state index in [0.717, 1.165) is 35.4 Å². The highest BCUT2D eigenvalue weighted by atomic mass is 32.2. The predicted molar refractivity (Wildman–Crippen MR) is 142 cm³/mol. The number of pyridine rings is 1. The number of sulfone groups is 1. The van der Waals surface area contributed by atoms with Crippen LogP contribution in [0.5, 0.6) is 0 Å². The van der Waals surface area contributed by atoms with Gasteiger partial charge in [-0.3, -0.25) is 9.97 Å². The second-order valence-corrected chi connectivity index (χ2v) is 13.3. The number of hydrogen-bond acceptors (Lipinski definition) is 7. The summed E-state index contributed by atoms with van der Waals surface area (Å²) in [7, 11) is -3.26. The Balaban J connectivity index is 1.48. The lowest BCUT2D eigenvalue weighted by atomic mass is 9.66. The molecule has 39 heavy (non-hydrogen) atoms. The molecule has 7 nitrogen and oxygen atoms in total. The summed E-state index contributed by atoms with van der Waals surface area (Å²) in [6.45, 7) is 6.16. The van der Waals surface area contributed by atoms with Crippen molar-refractivity contribution in [3.63, 3.8) is 0 Å². The van der Waals surface area contributed by atoms with E-state index in [1.54, 1.807) is 24.5 Å². The van der Waals surface area contributed by atoms with Gasteiger partial charge in [0.15, 0.2) is 9.84 Å². The summed E-state index contributed by atoms with van der Waals surface area (Å²) in [4.78, 5) is 14.0. The van der Waals surface area contributed by atoms with Crippen LogP contribution in [0.25, 0.3) is 22.5 Å². The number of hydrogen-bond donors (Lipinski definition) is 0. The van der Waals surface area contributed by atoms with Crippen LogP contribution in [0.1, 0.15) is 60.9 Å². The van der Waals surface area contributed by atoms with Crippen LogP contribution >= 0.6 is 0 Å². The molecule has 0 spiro atoms. The van der Waals surface area contributed by atoms with Gasteiger partial charge in [-0.25, -0.2) is 22.2 Å². The Labute approximate surface area is 225 Å². The minimum atomic E-state index is -3.26. The van der Waals surface area contributed by atoms with Crippen LogP contribution in [-0.4, -0.2) is 39.8 Å². The van der Waals surface area contributed by atoms with E-state index in [2.05, 4.69) is 34.0 Å². The quantitative estimate of drug-likeness (QED) is 0.333. The molecule has 0 saturated heterocycles. The van der Waals surface area contributed by atoms with Crippen LogP contribution in [0, 0.1) is 24.0 Å². The second kappa shape index (κ2) is 8.67. The molecule has 4 aromatic rings. The van der Waals surface area contributed by atoms with E-state index in [1.807, 2.05) is 13.0 Å². The Bertz CT molecular complexity index is 1740. The maximum Gasteiger partial charge on any atom is 0.153 e. The molecular weight excluding hydrogens is 520 g/mol. The minimum absolute atomic E-state index is 0.103. The van der Waals surface area contributed by atoms with Crippen LogP contribution in [0.3, 0.4) is 0 Å². The van der Waals surface area contributed by atoms with Gasteiger partial charge in [0.1, 0.15) is 11.6 Å². The SMILES string of the molecule is Cc1cc(-c2cncc([C@@]34CC[C@@H](c5cc(-c6c(F)cccc6F)nnc53)C4(C)C)n2)cc(CS(C)(=O)=O)n1. The lowest BCUT2D eigenvalue weighted by Gasteiger charge is -2.37. The Morgan fingerprint density at radius 3 is 2.46 bits per heavy atom. The van der Waals surface area contributed by atoms with Gasteiger partial charge < -0.3 is 0 Å². The maximum atomic E-state index is 14.6. The fourth-order valence-electron chi connectivity index (χ4n) is 6.70. The molecule has 2 bridgehead atoms. The molecule has 1 saturated carbocycles. The van der Waals surface area contributed by atoms with Crippen molar-refractivity contribution in [1.82, 2.24) is 25.1 Å². The molecule has 2 atom stereocenters. The molecule has 200 valence electrons. The molecule has 1 fully saturated rings. The average Bonchev–Trinajstić information content (AvgIpc) is 3.23. The van der Waals surface area contributed by atoms with Gasteiger partial charge in [-0.05, 0) is 67.0 Å². The summed E-state index contributed by atoms with van der Waals surface area (Å²) in [6, 6.07) is 9.13. The van der Waals surface area contributed by atoms with Gasteiger partial charge in [0, 0.05) is 23.7 Å². The van der Waals surface area contributed by atoms with Gasteiger partial charge >= 0.3 is 0 Å². The van der Waals surface area contributed by atoms with E-state index in [9.17, 15) is 17.2 Å². The van der Waals surface area contributed by atoms with Crippen molar-refractivity contribution in [2.45, 2.75) is 50.7 Å². The third-order valence-electron chi connectivity index (χ3n) is 8.39. The van der Waals surface area contributed by atoms with E-state index < -0.39 is 26.9 Å². The van der Waals surface area contributed by atoms with Gasteiger partial charge in [-0.2, -0.15) is 5.10 Å². The van der Waals surface area contributed by atoms with E-state index >= 15 is 0 Å². The molecule has 1 aromatic carbocycles. The van der Waals surface area contributed by atoms with Crippen molar-refractivity contribution >= 4 is 9.84 Å². The van der Waals surface area contributed by atoms with Gasteiger partial charge in [0.25, 0.3) is 0 Å². The standard InChI is InChI=1S/C29H27F2N5O2S/c1-16-10-17(11-18(33-16)15-39(4,37)38)24-13-32-14-25(34-24)29-9-8-20(28(29,2)3)19-12-23(35-36-27(19)29)26-21(30)6-5-7-22(26)31/h5-7,10-14,20H,8-9,15H2,1-4H3/t20-,29-/m0/s1. The maximum absolute atomic E-state index is 14.6. The van der Waals surface area contributed by atoms with Gasteiger partial charge in [0.2, 0.25) is 0 Å². The van der Waals surface area contributed by atoms with Crippen molar-refractivity contribution in [3.8, 4) is 22.5 Å². The zero-order valence-corrected chi connectivity index (χ0v) is 22.9. The number of benzene rings is 1. The Kier molecular flexibility index (Phi) is 5.70. The number of aromatic nitrogens is 5. The molecule has 0 unspecified atom stereocenters. The number of halogens is 2. The monoisotopic (exact) mass is 547 g/mol. The first-order valence-corrected chi connectivity index (χ1v) is 14.8. The smallest absolute Gasteiger partial charge is 0.153 e. The van der Waals surface area contributed by atoms with Crippen molar-refractivity contribution in [2.24, 2.45) is 5.41 Å². The number of rotatable bonds is 5. The third-order valence-corrected chi connectivity index (χ3v) is 9.21. The van der Waals surface area contributed by atoms with E-state index in [4.69, 9.17) is 4.98 Å². The fourth-order valence-corrected chi connectivity index (χ4v) is 7.38. The molecule has 10 heteroatoms. The highest BCUT2D eigenvalue weighted by Gasteiger charge is 2.65. The molecule has 2 aliphatic rings. The highest BCUT2D eigenvalue weighted by molar-refractivity contribution is 7.89. The summed E-state index contributed by atoms with van der Waals surface area (Å²) in [6.07, 6.45) is 6.24. The molecule has 2 aliphatic carbocycles. The van der Waals surface area contributed by atoms with Crippen molar-refractivity contribution in [2.75, 3.05) is 6.26 Å². The number of fused-ring (bicyclic) bond motifs is 5. The molecule has 3 heterocycles. The Hall–Kier alpha value is -3.66. The van der Waals surface area contributed by atoms with Crippen LogP contribution in [0.4, 0.5) is 8.78 Å². The van der Waals surface area contributed by atoms with E-state index in [-0.39, 0.29) is 28.3 Å². The van der Waals surface area contributed by atoms with Gasteiger partial charge in [0.05, 0.1) is 51.4 Å². The summed E-state index contributed by atoms with van der Waals surface area (Å²) in [5.41, 5.74) is 4.00. The molecule has 6 rings (SSSR count). The summed E-state index contributed by atoms with van der Waals surface area (Å²) >= 11 is 0. The lowest BCUT2D eigenvalue weighted by molar-refractivity contribution is 0.242. The van der Waals surface area contributed by atoms with Gasteiger partial charge in [-0.15, -0.1) is 5.10 Å². The Morgan fingerprint density at radius 1 is 1.00 bits per heavy atom. The first kappa shape index (κ1) is 25.6. The lowest BCUT2D eigenvalue weighted by Crippen LogP contribution is -2.38. The predicted octanol–water partition coefficient (Wildman–Crippen LogP) is 5.33. The molecule has 0 radical (unpaired) electrons. The second-order valence-electron chi connectivity index (χ2n) is 11.2. The van der Waals surface area contributed by atoms with Gasteiger partial charge in [-0.1, -0.05) is 19.9 Å². The van der Waals surface area contributed by atoms with Crippen LogP contribution < -0.4 is 0 Å². The zero-order valence-electron chi connectivity index (χ0n) is 22.0. The zero-order chi connectivity index (χ0) is 27.7. The number of aryl methyl sites for hydroxylation is 1. The molecule has 0 amide bonds. The molecular formula is C29H27F2N5O2S. The molecule has 0 aliphatic heterocycles. The van der Waals surface area contributed by atoms with Crippen LogP contribution in [0.2, 0.25) is 0 Å². The number of nitrogens with zero attached hydrogens (tertiary/aromatic N) is 5. The first-order valence-electron chi connectivity index (χ1n) is 12.7. The van der Waals surface area contributed by atoms with Crippen molar-refractivity contribution < 1.29 is 17.2 Å². The largest absolute Gasteiger partial charge is 0.261 e. The van der Waals surface area contributed by atoms with Crippen LogP contribution in [0.15, 0.2) is 48.8 Å². The minimum Gasteiger partial charge on any atom is -0.261 e. The third kappa shape index (κ3) is 3.95. The summed E-state index contributed by atoms with van der Waals surface area (Å²) < 4.78 is 52.9. The average molecular weight is 548 g/mol. The van der Waals surface area contributed by atoms with Crippen molar-refractivity contribution in [3.05, 3.63) is 88.8 Å². The van der Waals surface area contributed by atoms with Crippen LogP contribution in [-0.2, 0) is 21.0 Å². The highest BCUT2D eigenvalue weighted by Crippen LogP contribution is 2.69.